The number of para-hydroxylation sites is 1. The van der Waals surface area contributed by atoms with E-state index in [-0.39, 0.29) is 5.91 Å². The van der Waals surface area contributed by atoms with Crippen molar-refractivity contribution < 1.29 is 9.53 Å². The first-order valence-corrected chi connectivity index (χ1v) is 6.06. The van der Waals surface area contributed by atoms with E-state index in [1.54, 1.807) is 36.4 Å². The molecule has 5 heteroatoms. The molecule has 2 aromatic rings. The molecule has 1 heterocycles. The fourth-order valence-electron chi connectivity index (χ4n) is 2.13. The average Bonchev–Trinajstić information content (AvgIpc) is 2.79. The van der Waals surface area contributed by atoms with Crippen LogP contribution < -0.4 is 15.8 Å². The van der Waals surface area contributed by atoms with Crippen LogP contribution in [0.4, 0.5) is 11.4 Å². The third kappa shape index (κ3) is 2.04. The molecule has 0 aliphatic carbocycles. The van der Waals surface area contributed by atoms with Crippen molar-refractivity contribution in [3.05, 3.63) is 47.5 Å². The SMILES string of the molecule is N#Cc1ccccc1Oc1cc2c(cc1N)CC(=O)N2. The minimum atomic E-state index is -0.0611. The number of fused-ring (bicyclic) bond motifs is 1. The Morgan fingerprint density at radius 1 is 1.25 bits per heavy atom. The molecule has 0 atom stereocenters. The third-order valence-electron chi connectivity index (χ3n) is 3.09. The summed E-state index contributed by atoms with van der Waals surface area (Å²) in [6.45, 7) is 0. The van der Waals surface area contributed by atoms with Gasteiger partial charge in [-0.2, -0.15) is 5.26 Å². The van der Waals surface area contributed by atoms with Gasteiger partial charge >= 0.3 is 0 Å². The lowest BCUT2D eigenvalue weighted by molar-refractivity contribution is -0.115. The van der Waals surface area contributed by atoms with Crippen LogP contribution in [0, 0.1) is 11.3 Å². The number of hydrogen-bond donors (Lipinski definition) is 2. The Balaban J connectivity index is 1.98. The molecule has 3 N–H and O–H groups in total. The van der Waals surface area contributed by atoms with Crippen molar-refractivity contribution in [1.82, 2.24) is 0 Å². The summed E-state index contributed by atoms with van der Waals surface area (Å²) in [5, 5.41) is 11.8. The van der Waals surface area contributed by atoms with Crippen molar-refractivity contribution >= 4 is 17.3 Å². The van der Waals surface area contributed by atoms with Gasteiger partial charge in [0.25, 0.3) is 0 Å². The second-order valence-corrected chi connectivity index (χ2v) is 4.48. The van der Waals surface area contributed by atoms with Crippen LogP contribution in [0.15, 0.2) is 36.4 Å². The van der Waals surface area contributed by atoms with E-state index >= 15 is 0 Å². The van der Waals surface area contributed by atoms with Crippen LogP contribution in [0.5, 0.6) is 11.5 Å². The summed E-state index contributed by atoms with van der Waals surface area (Å²) >= 11 is 0. The van der Waals surface area contributed by atoms with Crippen LogP contribution in [-0.2, 0) is 11.2 Å². The number of hydrogen-bond acceptors (Lipinski definition) is 4. The molecular formula is C15H11N3O2. The van der Waals surface area contributed by atoms with E-state index in [0.29, 0.717) is 34.9 Å². The number of nitrogens with one attached hydrogen (secondary N) is 1. The molecule has 0 saturated heterocycles. The quantitative estimate of drug-likeness (QED) is 0.816. The van der Waals surface area contributed by atoms with Gasteiger partial charge in [0.15, 0.2) is 5.75 Å². The van der Waals surface area contributed by atoms with Crippen molar-refractivity contribution in [2.45, 2.75) is 6.42 Å². The highest BCUT2D eigenvalue weighted by molar-refractivity contribution is 6.00. The summed E-state index contributed by atoms with van der Waals surface area (Å²) in [7, 11) is 0. The number of nitrogens with two attached hydrogens (primary N) is 1. The lowest BCUT2D eigenvalue weighted by atomic mass is 10.1. The Bertz CT molecular complexity index is 747. The lowest BCUT2D eigenvalue weighted by Gasteiger charge is -2.11. The minimum absolute atomic E-state index is 0.0611. The molecule has 0 radical (unpaired) electrons. The maximum atomic E-state index is 11.3. The number of nitrogen functional groups attached to an aromatic ring is 1. The minimum Gasteiger partial charge on any atom is -0.454 e. The molecule has 3 rings (SSSR count). The zero-order valence-corrected chi connectivity index (χ0v) is 10.5. The second-order valence-electron chi connectivity index (χ2n) is 4.48. The van der Waals surface area contributed by atoms with Gasteiger partial charge in [-0.3, -0.25) is 4.79 Å². The number of carbonyl (C=O) groups is 1. The maximum absolute atomic E-state index is 11.3. The molecule has 98 valence electrons. The van der Waals surface area contributed by atoms with Gasteiger partial charge in [-0.15, -0.1) is 0 Å². The van der Waals surface area contributed by atoms with E-state index in [2.05, 4.69) is 11.4 Å². The molecule has 1 amide bonds. The number of anilines is 2. The molecule has 5 nitrogen and oxygen atoms in total. The number of nitriles is 1. The Morgan fingerprint density at radius 3 is 2.85 bits per heavy atom. The maximum Gasteiger partial charge on any atom is 0.228 e. The van der Waals surface area contributed by atoms with Gasteiger partial charge in [0, 0.05) is 11.8 Å². The number of benzene rings is 2. The van der Waals surface area contributed by atoms with Gasteiger partial charge in [-0.1, -0.05) is 12.1 Å². The van der Waals surface area contributed by atoms with E-state index in [9.17, 15) is 4.79 Å². The van der Waals surface area contributed by atoms with Crippen molar-refractivity contribution in [2.75, 3.05) is 11.1 Å². The fraction of sp³-hybridized carbons (Fsp3) is 0.0667. The Labute approximate surface area is 115 Å². The van der Waals surface area contributed by atoms with Gasteiger partial charge in [0.2, 0.25) is 5.91 Å². The molecule has 0 unspecified atom stereocenters. The monoisotopic (exact) mass is 265 g/mol. The van der Waals surface area contributed by atoms with Gasteiger partial charge in [0.1, 0.15) is 11.8 Å². The summed E-state index contributed by atoms with van der Waals surface area (Å²) in [5.74, 6) is 0.800. The summed E-state index contributed by atoms with van der Waals surface area (Å²) < 4.78 is 5.69. The molecule has 1 aliphatic rings. The molecule has 0 bridgehead atoms. The van der Waals surface area contributed by atoms with Crippen LogP contribution in [-0.4, -0.2) is 5.91 Å². The van der Waals surface area contributed by atoms with Crippen molar-refractivity contribution in [3.63, 3.8) is 0 Å². The summed E-state index contributed by atoms with van der Waals surface area (Å²) in [6.07, 6.45) is 0.328. The van der Waals surface area contributed by atoms with Crippen LogP contribution in [0.25, 0.3) is 0 Å². The van der Waals surface area contributed by atoms with Crippen LogP contribution >= 0.6 is 0 Å². The lowest BCUT2D eigenvalue weighted by Crippen LogP contribution is -2.03. The van der Waals surface area contributed by atoms with Gasteiger partial charge in [0.05, 0.1) is 17.7 Å². The fourth-order valence-corrected chi connectivity index (χ4v) is 2.13. The van der Waals surface area contributed by atoms with Crippen LogP contribution in [0.3, 0.4) is 0 Å². The van der Waals surface area contributed by atoms with E-state index in [0.717, 1.165) is 5.56 Å². The highest BCUT2D eigenvalue weighted by Crippen LogP contribution is 2.36. The van der Waals surface area contributed by atoms with E-state index in [1.807, 2.05) is 0 Å². The number of ether oxygens (including phenoxy) is 1. The predicted octanol–water partition coefficient (Wildman–Crippen LogP) is 2.43. The molecule has 2 aromatic carbocycles. The van der Waals surface area contributed by atoms with Gasteiger partial charge in [-0.25, -0.2) is 0 Å². The normalized spacial score (nSPS) is 12.4. The van der Waals surface area contributed by atoms with E-state index in [1.165, 1.54) is 0 Å². The smallest absolute Gasteiger partial charge is 0.228 e. The molecule has 20 heavy (non-hydrogen) atoms. The topological polar surface area (TPSA) is 88.1 Å². The molecule has 1 aliphatic heterocycles. The number of nitrogens with zero attached hydrogens (tertiary/aromatic N) is 1. The standard InChI is InChI=1S/C15H11N3O2/c16-8-9-3-1-2-4-13(9)20-14-7-12-10(5-11(14)17)6-15(19)18-12/h1-5,7H,6,17H2,(H,18,19). The number of carbonyl (C=O) groups excluding carboxylic acids is 1. The molecule has 0 fully saturated rings. The van der Waals surface area contributed by atoms with E-state index in [4.69, 9.17) is 15.7 Å². The molecule has 0 aromatic heterocycles. The summed E-state index contributed by atoms with van der Waals surface area (Å²) in [5.41, 5.74) is 8.35. The average molecular weight is 265 g/mol. The highest BCUT2D eigenvalue weighted by Gasteiger charge is 2.20. The number of rotatable bonds is 2. The Kier molecular flexibility index (Phi) is 2.77. The van der Waals surface area contributed by atoms with Gasteiger partial charge < -0.3 is 15.8 Å². The third-order valence-corrected chi connectivity index (χ3v) is 3.09. The molecule has 0 saturated carbocycles. The number of amides is 1. The first kappa shape index (κ1) is 12.1. The first-order valence-electron chi connectivity index (χ1n) is 6.06. The zero-order valence-electron chi connectivity index (χ0n) is 10.5. The molecule has 0 spiro atoms. The second kappa shape index (κ2) is 4.59. The van der Waals surface area contributed by atoms with Crippen LogP contribution in [0.1, 0.15) is 11.1 Å². The Hall–Kier alpha value is -3.00. The zero-order chi connectivity index (χ0) is 14.1. The first-order chi connectivity index (χ1) is 9.67. The van der Waals surface area contributed by atoms with E-state index < -0.39 is 0 Å². The predicted molar refractivity (Wildman–Crippen MR) is 74.4 cm³/mol. The van der Waals surface area contributed by atoms with Crippen LogP contribution in [0.2, 0.25) is 0 Å². The highest BCUT2D eigenvalue weighted by atomic mass is 16.5. The Morgan fingerprint density at radius 2 is 2.05 bits per heavy atom. The van der Waals surface area contributed by atoms with Crippen molar-refractivity contribution in [3.8, 4) is 17.6 Å². The van der Waals surface area contributed by atoms with Crippen molar-refractivity contribution in [2.24, 2.45) is 0 Å². The van der Waals surface area contributed by atoms with Crippen molar-refractivity contribution in [1.29, 1.82) is 5.26 Å². The summed E-state index contributed by atoms with van der Waals surface area (Å²) in [4.78, 5) is 11.3. The largest absolute Gasteiger partial charge is 0.454 e. The molecular weight excluding hydrogens is 254 g/mol. The summed E-state index contributed by atoms with van der Waals surface area (Å²) in [6, 6.07) is 12.4. The van der Waals surface area contributed by atoms with Gasteiger partial charge in [-0.05, 0) is 23.8 Å².